The topological polar surface area (TPSA) is 128 Å². The Morgan fingerprint density at radius 3 is 2.48 bits per heavy atom. The van der Waals surface area contributed by atoms with Gasteiger partial charge in [0.2, 0.25) is 11.7 Å². The quantitative estimate of drug-likeness (QED) is 0.249. The first-order chi connectivity index (χ1) is 15.5. The van der Waals surface area contributed by atoms with Crippen LogP contribution in [0, 0.1) is 11.6 Å². The number of hydrogen-bond acceptors (Lipinski definition) is 9. The fraction of sp³-hybridized carbons (Fsp3) is 0.368. The van der Waals surface area contributed by atoms with Gasteiger partial charge in [0.05, 0.1) is 18.2 Å². The number of anilines is 2. The van der Waals surface area contributed by atoms with E-state index in [1.807, 2.05) is 0 Å². The van der Waals surface area contributed by atoms with Crippen molar-refractivity contribution in [2.45, 2.75) is 25.1 Å². The van der Waals surface area contributed by atoms with E-state index in [2.05, 4.69) is 30.1 Å². The number of alkyl halides is 3. The molecule has 0 amide bonds. The number of ketones is 1. The monoisotopic (exact) mass is 475 g/mol. The zero-order valence-corrected chi connectivity index (χ0v) is 17.1. The fourth-order valence-corrected chi connectivity index (χ4v) is 3.13. The maximum Gasteiger partial charge on any atom is 0.491 e. The lowest BCUT2D eigenvalue weighted by Crippen LogP contribution is -2.35. The third-order valence-electron chi connectivity index (χ3n) is 4.74. The van der Waals surface area contributed by atoms with Crippen LogP contribution in [0.15, 0.2) is 12.3 Å². The zero-order valence-electron chi connectivity index (χ0n) is 17.1. The smallest absolute Gasteiger partial charge is 0.490 e. The molecule has 3 rings (SSSR count). The van der Waals surface area contributed by atoms with Crippen LogP contribution in [0.1, 0.15) is 28.8 Å². The molecule has 1 aliphatic rings. The molecule has 1 aromatic heterocycles. The second-order valence-corrected chi connectivity index (χ2v) is 6.96. The summed E-state index contributed by atoms with van der Waals surface area (Å²) in [4.78, 5) is 31.7. The number of nitrogens with two attached hydrogens (primary N) is 1. The van der Waals surface area contributed by atoms with Gasteiger partial charge in [-0.1, -0.05) is 0 Å². The third-order valence-corrected chi connectivity index (χ3v) is 4.74. The first-order valence-electron chi connectivity index (χ1n) is 9.52. The van der Waals surface area contributed by atoms with Crippen molar-refractivity contribution < 1.29 is 41.0 Å². The summed E-state index contributed by atoms with van der Waals surface area (Å²) < 4.78 is 75.2. The van der Waals surface area contributed by atoms with E-state index in [0.717, 1.165) is 39.2 Å². The van der Waals surface area contributed by atoms with Gasteiger partial charge in [0, 0.05) is 18.3 Å². The zero-order chi connectivity index (χ0) is 24.3. The molecule has 0 unspecified atom stereocenters. The fourth-order valence-electron chi connectivity index (χ4n) is 3.13. The van der Waals surface area contributed by atoms with Gasteiger partial charge in [-0.25, -0.2) is 18.6 Å². The number of halogens is 5. The van der Waals surface area contributed by atoms with Gasteiger partial charge >= 0.3 is 12.1 Å². The number of nitrogen functional groups attached to an aromatic ring is 1. The molecular weight excluding hydrogens is 457 g/mol. The highest BCUT2D eigenvalue weighted by molar-refractivity contribution is 6.12. The van der Waals surface area contributed by atoms with Gasteiger partial charge in [0.15, 0.2) is 17.3 Å². The number of carbonyl (C=O) groups is 2. The number of aromatic nitrogens is 2. The first-order valence-corrected chi connectivity index (χ1v) is 9.52. The minimum Gasteiger partial charge on any atom is -0.490 e. The summed E-state index contributed by atoms with van der Waals surface area (Å²) in [5.74, 6) is -9.86. The highest BCUT2D eigenvalue weighted by atomic mass is 19.4. The summed E-state index contributed by atoms with van der Waals surface area (Å²) in [5, 5.41) is 6.23. The Bertz CT molecular complexity index is 1070. The van der Waals surface area contributed by atoms with Crippen LogP contribution >= 0.6 is 0 Å². The molecule has 9 nitrogen and oxygen atoms in total. The standard InChI is InChI=1S/C19H18F5N5O4/c1-32-15-11(33-17(31)19(22,23)24)6-10(20)12(13(15)21)14(30)9-7-27-18(29-16(9)25)28-8-2-4-26-5-3-8/h6-8,26H,2-5H2,1H3,(H3,25,27,28,29). The van der Waals surface area contributed by atoms with E-state index in [-0.39, 0.29) is 23.9 Å². The molecule has 1 fully saturated rings. The lowest BCUT2D eigenvalue weighted by atomic mass is 10.0. The van der Waals surface area contributed by atoms with Crippen molar-refractivity contribution in [3.63, 3.8) is 0 Å². The predicted octanol–water partition coefficient (Wildman–Crippen LogP) is 2.21. The summed E-state index contributed by atoms with van der Waals surface area (Å²) in [6.45, 7) is 1.58. The number of rotatable bonds is 6. The Morgan fingerprint density at radius 2 is 1.91 bits per heavy atom. The maximum atomic E-state index is 14.8. The van der Waals surface area contributed by atoms with E-state index in [9.17, 15) is 31.5 Å². The van der Waals surface area contributed by atoms with E-state index in [0.29, 0.717) is 0 Å². The van der Waals surface area contributed by atoms with Gasteiger partial charge in [0.1, 0.15) is 11.6 Å². The minimum absolute atomic E-state index is 0.0679. The lowest BCUT2D eigenvalue weighted by molar-refractivity contribution is -0.189. The number of hydrogen-bond donors (Lipinski definition) is 3. The van der Waals surface area contributed by atoms with Crippen LogP contribution in [-0.2, 0) is 4.79 Å². The number of methoxy groups -OCH3 is 1. The van der Waals surface area contributed by atoms with Crippen molar-refractivity contribution in [3.05, 3.63) is 35.0 Å². The number of nitrogens with one attached hydrogen (secondary N) is 2. The van der Waals surface area contributed by atoms with Crippen molar-refractivity contribution in [1.29, 1.82) is 0 Å². The first kappa shape index (κ1) is 24.1. The number of benzene rings is 1. The maximum absolute atomic E-state index is 14.8. The molecule has 178 valence electrons. The van der Waals surface area contributed by atoms with Gasteiger partial charge < -0.3 is 25.8 Å². The number of ether oxygens (including phenoxy) is 2. The van der Waals surface area contributed by atoms with E-state index in [1.54, 1.807) is 0 Å². The molecule has 0 atom stereocenters. The molecular formula is C19H18F5N5O4. The third kappa shape index (κ3) is 5.27. The van der Waals surface area contributed by atoms with E-state index >= 15 is 0 Å². The molecule has 0 radical (unpaired) electrons. The molecule has 14 heteroatoms. The summed E-state index contributed by atoms with van der Waals surface area (Å²) >= 11 is 0. The number of esters is 1. The summed E-state index contributed by atoms with van der Waals surface area (Å²) in [6.07, 6.45) is -2.87. The number of nitrogens with zero attached hydrogens (tertiary/aromatic N) is 2. The van der Waals surface area contributed by atoms with Crippen LogP contribution in [-0.4, -0.2) is 54.1 Å². The Kier molecular flexibility index (Phi) is 6.95. The molecule has 1 aliphatic heterocycles. The number of piperidine rings is 1. The molecule has 0 aliphatic carbocycles. The molecule has 2 heterocycles. The van der Waals surface area contributed by atoms with Crippen molar-refractivity contribution in [3.8, 4) is 11.5 Å². The molecule has 4 N–H and O–H groups in total. The van der Waals surface area contributed by atoms with E-state index in [4.69, 9.17) is 5.73 Å². The molecule has 2 aromatic rings. The molecule has 1 saturated heterocycles. The average molecular weight is 475 g/mol. The molecule has 0 spiro atoms. The Balaban J connectivity index is 1.91. The normalized spacial score (nSPS) is 14.6. The Morgan fingerprint density at radius 1 is 1.24 bits per heavy atom. The van der Waals surface area contributed by atoms with Gasteiger partial charge in [-0.3, -0.25) is 4.79 Å². The minimum atomic E-state index is -5.43. The van der Waals surface area contributed by atoms with Gasteiger partial charge in [-0.05, 0) is 25.9 Å². The average Bonchev–Trinajstić information content (AvgIpc) is 2.73. The molecule has 33 heavy (non-hydrogen) atoms. The van der Waals surface area contributed by atoms with Gasteiger partial charge in [-0.2, -0.15) is 18.2 Å². The van der Waals surface area contributed by atoms with Crippen molar-refractivity contribution in [2.75, 3.05) is 31.2 Å². The highest BCUT2D eigenvalue weighted by Gasteiger charge is 2.42. The predicted molar refractivity (Wildman–Crippen MR) is 104 cm³/mol. The van der Waals surface area contributed by atoms with E-state index in [1.165, 1.54) is 0 Å². The molecule has 0 bridgehead atoms. The van der Waals surface area contributed by atoms with Crippen molar-refractivity contribution >= 4 is 23.5 Å². The lowest BCUT2D eigenvalue weighted by Gasteiger charge is -2.23. The highest BCUT2D eigenvalue weighted by Crippen LogP contribution is 2.36. The summed E-state index contributed by atoms with van der Waals surface area (Å²) in [5.41, 5.74) is 4.13. The second kappa shape index (κ2) is 9.52. The molecule has 0 saturated carbocycles. The van der Waals surface area contributed by atoms with Crippen LogP contribution in [0.3, 0.4) is 0 Å². The Hall–Kier alpha value is -3.55. The van der Waals surface area contributed by atoms with E-state index < -0.39 is 52.2 Å². The summed E-state index contributed by atoms with van der Waals surface area (Å²) in [7, 11) is 0.828. The Labute approximate surface area is 183 Å². The van der Waals surface area contributed by atoms with Crippen LogP contribution in [0.5, 0.6) is 11.5 Å². The SMILES string of the molecule is COc1c(OC(=O)C(F)(F)F)cc(F)c(C(=O)c2cnc(NC3CCNCC3)nc2N)c1F. The van der Waals surface area contributed by atoms with Gasteiger partial charge in [-0.15, -0.1) is 0 Å². The molecule has 1 aromatic carbocycles. The van der Waals surface area contributed by atoms with Crippen LogP contribution in [0.25, 0.3) is 0 Å². The van der Waals surface area contributed by atoms with Crippen LogP contribution < -0.4 is 25.8 Å². The second-order valence-electron chi connectivity index (χ2n) is 6.96. The van der Waals surface area contributed by atoms with Crippen LogP contribution in [0.2, 0.25) is 0 Å². The van der Waals surface area contributed by atoms with Crippen LogP contribution in [0.4, 0.5) is 33.7 Å². The van der Waals surface area contributed by atoms with Gasteiger partial charge in [0.25, 0.3) is 0 Å². The van der Waals surface area contributed by atoms with Crippen molar-refractivity contribution in [2.24, 2.45) is 0 Å². The number of carbonyl (C=O) groups excluding carboxylic acids is 2. The largest absolute Gasteiger partial charge is 0.491 e. The summed E-state index contributed by atoms with van der Waals surface area (Å²) in [6, 6.07) is 0.293. The van der Waals surface area contributed by atoms with Crippen molar-refractivity contribution in [1.82, 2.24) is 15.3 Å².